The highest BCUT2D eigenvalue weighted by Gasteiger charge is 2.16. The fourth-order valence-corrected chi connectivity index (χ4v) is 2.00. The first-order valence-corrected chi connectivity index (χ1v) is 6.98. The predicted molar refractivity (Wildman–Crippen MR) is 86.4 cm³/mol. The molecule has 0 heteroatoms. The Bertz CT molecular complexity index is 599. The Morgan fingerprint density at radius 1 is 1.00 bits per heavy atom. The van der Waals surface area contributed by atoms with Crippen molar-refractivity contribution >= 4 is 0 Å². The lowest BCUT2D eigenvalue weighted by atomic mass is 9.84. The van der Waals surface area contributed by atoms with E-state index in [4.69, 9.17) is 0 Å². The van der Waals surface area contributed by atoms with Gasteiger partial charge in [-0.25, -0.2) is 0 Å². The molecule has 0 spiro atoms. The SMILES string of the molecule is C=C[C@@](C)(C#Cc1ccccc1)CCc1ccccc1. The third-order valence-corrected chi connectivity index (χ3v) is 3.49. The smallest absolute Gasteiger partial charge is 0.0469 e. The summed E-state index contributed by atoms with van der Waals surface area (Å²) in [6.07, 6.45) is 3.97. The van der Waals surface area contributed by atoms with E-state index in [-0.39, 0.29) is 5.41 Å². The fraction of sp³-hybridized carbons (Fsp3) is 0.200. The minimum atomic E-state index is -0.147. The first-order valence-electron chi connectivity index (χ1n) is 6.98. The lowest BCUT2D eigenvalue weighted by molar-refractivity contribution is 0.522. The Labute approximate surface area is 122 Å². The summed E-state index contributed by atoms with van der Waals surface area (Å²) in [6.45, 7) is 6.11. The first kappa shape index (κ1) is 14.2. The van der Waals surface area contributed by atoms with Gasteiger partial charge in [0.15, 0.2) is 0 Å². The fourth-order valence-electron chi connectivity index (χ4n) is 2.00. The molecule has 0 bridgehead atoms. The number of allylic oxidation sites excluding steroid dienone is 1. The van der Waals surface area contributed by atoms with Gasteiger partial charge in [-0.05, 0) is 37.5 Å². The van der Waals surface area contributed by atoms with E-state index in [1.807, 2.05) is 42.5 Å². The number of hydrogen-bond donors (Lipinski definition) is 0. The van der Waals surface area contributed by atoms with E-state index in [1.54, 1.807) is 0 Å². The minimum Gasteiger partial charge on any atom is -0.102 e. The lowest BCUT2D eigenvalue weighted by Crippen LogP contribution is -2.11. The molecule has 0 radical (unpaired) electrons. The van der Waals surface area contributed by atoms with Crippen LogP contribution in [0.2, 0.25) is 0 Å². The molecule has 20 heavy (non-hydrogen) atoms. The van der Waals surface area contributed by atoms with Crippen LogP contribution in [-0.2, 0) is 6.42 Å². The Hall–Kier alpha value is -2.26. The van der Waals surface area contributed by atoms with Crippen molar-refractivity contribution < 1.29 is 0 Å². The van der Waals surface area contributed by atoms with Crippen molar-refractivity contribution in [1.29, 1.82) is 0 Å². The molecule has 0 aliphatic carbocycles. The minimum absolute atomic E-state index is 0.147. The van der Waals surface area contributed by atoms with Crippen LogP contribution >= 0.6 is 0 Å². The molecule has 1 atom stereocenters. The van der Waals surface area contributed by atoms with Gasteiger partial charge in [0.25, 0.3) is 0 Å². The molecule has 0 aromatic heterocycles. The monoisotopic (exact) mass is 260 g/mol. The van der Waals surface area contributed by atoms with E-state index in [2.05, 4.69) is 49.6 Å². The maximum atomic E-state index is 3.95. The van der Waals surface area contributed by atoms with Crippen LogP contribution in [0.1, 0.15) is 24.5 Å². The van der Waals surface area contributed by atoms with Gasteiger partial charge in [0, 0.05) is 11.0 Å². The third-order valence-electron chi connectivity index (χ3n) is 3.49. The van der Waals surface area contributed by atoms with Crippen LogP contribution in [0.4, 0.5) is 0 Å². The molecule has 0 aliphatic heterocycles. The molecule has 2 aromatic carbocycles. The second kappa shape index (κ2) is 6.78. The molecule has 2 aromatic rings. The molecule has 0 heterocycles. The van der Waals surface area contributed by atoms with E-state index in [1.165, 1.54) is 5.56 Å². The van der Waals surface area contributed by atoms with E-state index < -0.39 is 0 Å². The summed E-state index contributed by atoms with van der Waals surface area (Å²) < 4.78 is 0. The Morgan fingerprint density at radius 2 is 1.60 bits per heavy atom. The van der Waals surface area contributed by atoms with Gasteiger partial charge >= 0.3 is 0 Å². The van der Waals surface area contributed by atoms with E-state index in [9.17, 15) is 0 Å². The molecule has 0 fully saturated rings. The van der Waals surface area contributed by atoms with E-state index in [0.29, 0.717) is 0 Å². The quantitative estimate of drug-likeness (QED) is 0.544. The Kier molecular flexibility index (Phi) is 4.80. The third kappa shape index (κ3) is 4.14. The van der Waals surface area contributed by atoms with Crippen molar-refractivity contribution in [3.63, 3.8) is 0 Å². The highest BCUT2D eigenvalue weighted by Crippen LogP contribution is 2.24. The molecular weight excluding hydrogens is 240 g/mol. The number of aryl methyl sites for hydroxylation is 1. The molecular formula is C20H20. The molecule has 0 N–H and O–H groups in total. The normalized spacial score (nSPS) is 12.8. The Balaban J connectivity index is 2.06. The average molecular weight is 260 g/mol. The summed E-state index contributed by atoms with van der Waals surface area (Å²) in [5.41, 5.74) is 2.26. The van der Waals surface area contributed by atoms with Crippen LogP contribution in [-0.4, -0.2) is 0 Å². The summed E-state index contributed by atoms with van der Waals surface area (Å²) in [5, 5.41) is 0. The zero-order chi connectivity index (χ0) is 14.3. The number of hydrogen-bond acceptors (Lipinski definition) is 0. The summed E-state index contributed by atoms with van der Waals surface area (Å²) in [5.74, 6) is 6.62. The summed E-state index contributed by atoms with van der Waals surface area (Å²) in [6, 6.07) is 20.6. The second-order valence-corrected chi connectivity index (χ2v) is 5.22. The van der Waals surface area contributed by atoms with Gasteiger partial charge in [0.1, 0.15) is 0 Å². The van der Waals surface area contributed by atoms with Crippen LogP contribution < -0.4 is 0 Å². The Morgan fingerprint density at radius 3 is 2.20 bits per heavy atom. The van der Waals surface area contributed by atoms with Gasteiger partial charge in [-0.15, -0.1) is 6.58 Å². The lowest BCUT2D eigenvalue weighted by Gasteiger charge is -2.18. The molecule has 0 unspecified atom stereocenters. The van der Waals surface area contributed by atoms with Gasteiger partial charge in [0.05, 0.1) is 0 Å². The molecule has 2 rings (SSSR count). The van der Waals surface area contributed by atoms with Crippen molar-refractivity contribution in [1.82, 2.24) is 0 Å². The number of rotatable bonds is 4. The summed E-state index contributed by atoms with van der Waals surface area (Å²) in [4.78, 5) is 0. The van der Waals surface area contributed by atoms with E-state index in [0.717, 1.165) is 18.4 Å². The first-order chi connectivity index (χ1) is 9.72. The molecule has 0 nitrogen and oxygen atoms in total. The zero-order valence-corrected chi connectivity index (χ0v) is 12.0. The van der Waals surface area contributed by atoms with Crippen molar-refractivity contribution in [2.45, 2.75) is 19.8 Å². The molecule has 100 valence electrons. The van der Waals surface area contributed by atoms with Gasteiger partial charge in [-0.1, -0.05) is 66.4 Å². The van der Waals surface area contributed by atoms with Crippen LogP contribution in [0.3, 0.4) is 0 Å². The van der Waals surface area contributed by atoms with Crippen molar-refractivity contribution in [3.8, 4) is 11.8 Å². The van der Waals surface area contributed by atoms with Gasteiger partial charge < -0.3 is 0 Å². The molecule has 0 aliphatic rings. The summed E-state index contributed by atoms with van der Waals surface area (Å²) >= 11 is 0. The van der Waals surface area contributed by atoms with Gasteiger partial charge in [0.2, 0.25) is 0 Å². The maximum Gasteiger partial charge on any atom is 0.0469 e. The highest BCUT2D eigenvalue weighted by molar-refractivity contribution is 5.36. The van der Waals surface area contributed by atoms with Crippen LogP contribution in [0.15, 0.2) is 73.3 Å². The zero-order valence-electron chi connectivity index (χ0n) is 12.0. The number of benzene rings is 2. The van der Waals surface area contributed by atoms with Crippen LogP contribution in [0.5, 0.6) is 0 Å². The second-order valence-electron chi connectivity index (χ2n) is 5.22. The van der Waals surface area contributed by atoms with Crippen molar-refractivity contribution in [2.24, 2.45) is 5.41 Å². The average Bonchev–Trinajstić information content (AvgIpc) is 2.53. The maximum absolute atomic E-state index is 3.95. The van der Waals surface area contributed by atoms with Gasteiger partial charge in [-0.2, -0.15) is 0 Å². The predicted octanol–water partition coefficient (Wildman–Crippen LogP) is 4.86. The van der Waals surface area contributed by atoms with Crippen LogP contribution in [0, 0.1) is 17.3 Å². The highest BCUT2D eigenvalue weighted by atomic mass is 14.2. The largest absolute Gasteiger partial charge is 0.102 e. The van der Waals surface area contributed by atoms with Crippen molar-refractivity contribution in [2.75, 3.05) is 0 Å². The molecule has 0 saturated carbocycles. The molecule has 0 amide bonds. The molecule has 0 saturated heterocycles. The van der Waals surface area contributed by atoms with Gasteiger partial charge in [-0.3, -0.25) is 0 Å². The standard InChI is InChI=1S/C20H20/c1-3-20(2,16-14-18-10-6-4-7-11-18)17-15-19-12-8-5-9-13-19/h3-13H,1,14,16H2,2H3/t20-/m1/s1. The van der Waals surface area contributed by atoms with E-state index >= 15 is 0 Å². The summed E-state index contributed by atoms with van der Waals surface area (Å²) in [7, 11) is 0. The topological polar surface area (TPSA) is 0 Å². The van der Waals surface area contributed by atoms with Crippen LogP contribution in [0.25, 0.3) is 0 Å². The van der Waals surface area contributed by atoms with Crippen molar-refractivity contribution in [3.05, 3.63) is 84.4 Å².